The predicted molar refractivity (Wildman–Crippen MR) is 113 cm³/mol. The molecule has 0 spiro atoms. The molecule has 2 amide bonds. The zero-order valence-corrected chi connectivity index (χ0v) is 17.8. The second-order valence-corrected chi connectivity index (χ2v) is 8.37. The van der Waals surface area contributed by atoms with Crippen molar-refractivity contribution in [3.63, 3.8) is 0 Å². The van der Waals surface area contributed by atoms with E-state index in [9.17, 15) is 14.9 Å². The molecule has 29 heavy (non-hydrogen) atoms. The van der Waals surface area contributed by atoms with Crippen molar-refractivity contribution in [2.24, 2.45) is 0 Å². The normalized spacial score (nSPS) is 22.1. The van der Waals surface area contributed by atoms with E-state index in [1.807, 2.05) is 36.1 Å². The second-order valence-electron chi connectivity index (χ2n) is 7.38. The summed E-state index contributed by atoms with van der Waals surface area (Å²) in [6.45, 7) is 5.36. The van der Waals surface area contributed by atoms with Crippen molar-refractivity contribution >= 4 is 23.6 Å². The summed E-state index contributed by atoms with van der Waals surface area (Å²) in [5, 5.41) is 13.1. The van der Waals surface area contributed by atoms with Crippen LogP contribution in [0.3, 0.4) is 0 Å². The maximum absolute atomic E-state index is 12.7. The molecule has 6 nitrogen and oxygen atoms in total. The number of piperidine rings is 1. The van der Waals surface area contributed by atoms with Gasteiger partial charge in [-0.1, -0.05) is 23.9 Å². The lowest BCUT2D eigenvalue weighted by atomic mass is 9.87. The molecule has 0 bridgehead atoms. The Morgan fingerprint density at radius 2 is 2.10 bits per heavy atom. The molecule has 1 fully saturated rings. The number of rotatable bonds is 6. The molecule has 1 N–H and O–H groups in total. The van der Waals surface area contributed by atoms with Crippen molar-refractivity contribution in [1.29, 1.82) is 5.26 Å². The van der Waals surface area contributed by atoms with Gasteiger partial charge < -0.3 is 15.0 Å². The highest BCUT2D eigenvalue weighted by Crippen LogP contribution is 2.36. The molecule has 1 saturated heterocycles. The molecule has 0 aliphatic carbocycles. The van der Waals surface area contributed by atoms with Crippen LogP contribution in [0.4, 0.5) is 0 Å². The molecule has 0 unspecified atom stereocenters. The van der Waals surface area contributed by atoms with Crippen LogP contribution in [-0.2, 0) is 9.59 Å². The molecule has 7 heteroatoms. The lowest BCUT2D eigenvalue weighted by Crippen LogP contribution is -2.43. The van der Waals surface area contributed by atoms with E-state index < -0.39 is 0 Å². The molecule has 2 atom stereocenters. The first-order valence-corrected chi connectivity index (χ1v) is 11.1. The number of allylic oxidation sites excluding steroid dienone is 1. The molecule has 2 heterocycles. The zero-order valence-electron chi connectivity index (χ0n) is 16.9. The van der Waals surface area contributed by atoms with Gasteiger partial charge in [0.25, 0.3) is 0 Å². The van der Waals surface area contributed by atoms with E-state index in [0.717, 1.165) is 37.1 Å². The van der Waals surface area contributed by atoms with E-state index in [4.69, 9.17) is 4.74 Å². The van der Waals surface area contributed by atoms with E-state index in [1.54, 1.807) is 0 Å². The summed E-state index contributed by atoms with van der Waals surface area (Å²) < 4.78 is 5.47. The number of benzene rings is 1. The zero-order chi connectivity index (χ0) is 20.8. The van der Waals surface area contributed by atoms with E-state index in [-0.39, 0.29) is 35.9 Å². The molecular weight excluding hydrogens is 386 g/mol. The minimum atomic E-state index is -0.309. The molecule has 0 aromatic heterocycles. The number of likely N-dealkylation sites (tertiary alicyclic amines) is 1. The summed E-state index contributed by atoms with van der Waals surface area (Å²) in [5.74, 6) is 0.598. The summed E-state index contributed by atoms with van der Waals surface area (Å²) >= 11 is 1.26. The van der Waals surface area contributed by atoms with Crippen LogP contribution in [0.25, 0.3) is 0 Å². The van der Waals surface area contributed by atoms with E-state index in [1.165, 1.54) is 11.8 Å². The first kappa shape index (κ1) is 21.3. The SMILES string of the molecule is CCOc1ccc([C@@H]2CC(=O)NC(SCC(=O)N3CCCC[C@@H]3C)=C2C#N)cc1. The minimum Gasteiger partial charge on any atom is -0.494 e. The van der Waals surface area contributed by atoms with Crippen molar-refractivity contribution in [2.75, 3.05) is 18.9 Å². The number of nitriles is 1. The molecule has 2 aliphatic heterocycles. The lowest BCUT2D eigenvalue weighted by Gasteiger charge is -2.33. The van der Waals surface area contributed by atoms with Crippen LogP contribution in [0.15, 0.2) is 34.9 Å². The number of hydrogen-bond acceptors (Lipinski definition) is 5. The van der Waals surface area contributed by atoms with Gasteiger partial charge in [0.2, 0.25) is 11.8 Å². The Kier molecular flexibility index (Phi) is 7.21. The molecule has 1 aromatic carbocycles. The number of nitrogens with one attached hydrogen (secondary N) is 1. The summed E-state index contributed by atoms with van der Waals surface area (Å²) in [4.78, 5) is 26.9. The maximum Gasteiger partial charge on any atom is 0.233 e. The topological polar surface area (TPSA) is 82.4 Å². The lowest BCUT2D eigenvalue weighted by molar-refractivity contribution is -0.131. The number of amides is 2. The standard InChI is InChI=1S/C22H27N3O3S/c1-3-28-17-9-7-16(8-10-17)18-12-20(26)24-22(19(18)13-23)29-14-21(27)25-11-5-4-6-15(25)2/h7-10,15,18H,3-6,11-12,14H2,1-2H3,(H,24,26)/t15-,18-/m0/s1. The van der Waals surface area contributed by atoms with E-state index in [2.05, 4.69) is 18.3 Å². The van der Waals surface area contributed by atoms with Gasteiger partial charge in [0.05, 0.1) is 29.0 Å². The van der Waals surface area contributed by atoms with Crippen LogP contribution in [0.2, 0.25) is 0 Å². The number of carbonyl (C=O) groups is 2. The highest BCUT2D eigenvalue weighted by Gasteiger charge is 2.31. The van der Waals surface area contributed by atoms with Crippen molar-refractivity contribution < 1.29 is 14.3 Å². The molecule has 2 aliphatic rings. The average molecular weight is 414 g/mol. The van der Waals surface area contributed by atoms with E-state index >= 15 is 0 Å². The average Bonchev–Trinajstić information content (AvgIpc) is 2.72. The first-order valence-electron chi connectivity index (χ1n) is 10.1. The van der Waals surface area contributed by atoms with Gasteiger partial charge in [0, 0.05) is 24.9 Å². The van der Waals surface area contributed by atoms with Gasteiger partial charge in [0.15, 0.2) is 0 Å². The number of carbonyl (C=O) groups excluding carboxylic acids is 2. The smallest absolute Gasteiger partial charge is 0.233 e. The largest absolute Gasteiger partial charge is 0.494 e. The van der Waals surface area contributed by atoms with Gasteiger partial charge >= 0.3 is 0 Å². The first-order chi connectivity index (χ1) is 14.0. The summed E-state index contributed by atoms with van der Waals surface area (Å²) in [7, 11) is 0. The maximum atomic E-state index is 12.7. The summed E-state index contributed by atoms with van der Waals surface area (Å²) in [6.07, 6.45) is 3.43. The van der Waals surface area contributed by atoms with Crippen LogP contribution in [0.5, 0.6) is 5.75 Å². The third kappa shape index (κ3) is 5.13. The minimum absolute atomic E-state index is 0.0597. The Balaban J connectivity index is 1.75. The molecule has 154 valence electrons. The Labute approximate surface area is 176 Å². The van der Waals surface area contributed by atoms with Crippen LogP contribution in [-0.4, -0.2) is 41.7 Å². The fourth-order valence-electron chi connectivity index (χ4n) is 3.87. The predicted octanol–water partition coefficient (Wildman–Crippen LogP) is 3.56. The number of hydrogen-bond donors (Lipinski definition) is 1. The molecule has 1 aromatic rings. The van der Waals surface area contributed by atoms with Gasteiger partial charge in [-0.25, -0.2) is 0 Å². The van der Waals surface area contributed by atoms with Crippen molar-refractivity contribution in [1.82, 2.24) is 10.2 Å². The third-order valence-corrected chi connectivity index (χ3v) is 6.41. The fraction of sp³-hybridized carbons (Fsp3) is 0.500. The number of ether oxygens (including phenoxy) is 1. The molecule has 3 rings (SSSR count). The van der Waals surface area contributed by atoms with Crippen LogP contribution < -0.4 is 10.1 Å². The Morgan fingerprint density at radius 3 is 2.76 bits per heavy atom. The second kappa shape index (κ2) is 9.84. The molecule has 0 saturated carbocycles. The third-order valence-electron chi connectivity index (χ3n) is 5.41. The van der Waals surface area contributed by atoms with Gasteiger partial charge in [-0.15, -0.1) is 0 Å². The number of nitrogens with zero attached hydrogens (tertiary/aromatic N) is 2. The Bertz CT molecular complexity index is 829. The molecular formula is C22H27N3O3S. The van der Waals surface area contributed by atoms with Gasteiger partial charge in [-0.2, -0.15) is 5.26 Å². The Morgan fingerprint density at radius 1 is 1.34 bits per heavy atom. The van der Waals surface area contributed by atoms with Crippen LogP contribution >= 0.6 is 11.8 Å². The van der Waals surface area contributed by atoms with Crippen LogP contribution in [0.1, 0.15) is 51.0 Å². The molecule has 0 radical (unpaired) electrons. The number of thioether (sulfide) groups is 1. The van der Waals surface area contributed by atoms with Gasteiger partial charge in [-0.05, 0) is 50.8 Å². The quantitative estimate of drug-likeness (QED) is 0.771. The highest BCUT2D eigenvalue weighted by atomic mass is 32.2. The highest BCUT2D eigenvalue weighted by molar-refractivity contribution is 8.03. The van der Waals surface area contributed by atoms with Crippen molar-refractivity contribution in [3.05, 3.63) is 40.4 Å². The summed E-state index contributed by atoms with van der Waals surface area (Å²) in [6, 6.07) is 10.0. The van der Waals surface area contributed by atoms with Gasteiger partial charge in [-0.3, -0.25) is 9.59 Å². The Hall–Kier alpha value is -2.46. The van der Waals surface area contributed by atoms with Crippen molar-refractivity contribution in [3.8, 4) is 11.8 Å². The van der Waals surface area contributed by atoms with Crippen LogP contribution in [0, 0.1) is 11.3 Å². The van der Waals surface area contributed by atoms with E-state index in [0.29, 0.717) is 17.2 Å². The monoisotopic (exact) mass is 413 g/mol. The van der Waals surface area contributed by atoms with Gasteiger partial charge in [0.1, 0.15) is 5.75 Å². The fourth-order valence-corrected chi connectivity index (χ4v) is 4.83. The van der Waals surface area contributed by atoms with Crippen molar-refractivity contribution in [2.45, 2.75) is 51.5 Å². The summed E-state index contributed by atoms with van der Waals surface area (Å²) in [5.41, 5.74) is 1.41.